The molecule has 7 heteroatoms. The van der Waals surface area contributed by atoms with Crippen LogP contribution in [0.1, 0.15) is 6.42 Å². The highest BCUT2D eigenvalue weighted by Crippen LogP contribution is 2.13. The number of esters is 1. The van der Waals surface area contributed by atoms with Gasteiger partial charge in [0.2, 0.25) is 0 Å². The predicted molar refractivity (Wildman–Crippen MR) is 65.6 cm³/mol. The van der Waals surface area contributed by atoms with E-state index in [1.54, 1.807) is 6.20 Å². The summed E-state index contributed by atoms with van der Waals surface area (Å²) in [4.78, 5) is 14.8. The van der Waals surface area contributed by atoms with E-state index in [2.05, 4.69) is 9.72 Å². The lowest BCUT2D eigenvalue weighted by atomic mass is 10.5. The van der Waals surface area contributed by atoms with Crippen molar-refractivity contribution in [3.05, 3.63) is 22.0 Å². The number of methoxy groups -OCH3 is 1. The fraction of sp³-hybridized carbons (Fsp3) is 0.333. The topological polar surface area (TPSA) is 73.3 Å². The van der Waals surface area contributed by atoms with E-state index in [1.165, 1.54) is 19.4 Å². The standard InChI is InChI=1S/C9H10INO4S/c1-15-9(12)2-3-16(13,14)8-4-7(10)5-11-6-8/h4-6H,2-3H2,1H3. The minimum absolute atomic E-state index is 0.128. The molecule has 0 unspecified atom stereocenters. The largest absolute Gasteiger partial charge is 0.469 e. The number of aromatic nitrogens is 1. The van der Waals surface area contributed by atoms with Gasteiger partial charge in [-0.15, -0.1) is 0 Å². The van der Waals surface area contributed by atoms with Gasteiger partial charge >= 0.3 is 5.97 Å². The summed E-state index contributed by atoms with van der Waals surface area (Å²) in [6, 6.07) is 1.51. The predicted octanol–water partition coefficient (Wildman–Crippen LogP) is 1.02. The average Bonchev–Trinajstić information content (AvgIpc) is 2.26. The Hall–Kier alpha value is -0.700. The molecule has 1 rings (SSSR count). The molecule has 0 radical (unpaired) electrons. The second-order valence-corrected chi connectivity index (χ2v) is 6.34. The number of ether oxygens (including phenoxy) is 1. The molecule has 5 nitrogen and oxygen atoms in total. The molecule has 0 aromatic carbocycles. The van der Waals surface area contributed by atoms with Crippen LogP contribution in [0.4, 0.5) is 0 Å². The first-order valence-electron chi connectivity index (χ1n) is 4.36. The lowest BCUT2D eigenvalue weighted by Crippen LogP contribution is -2.12. The summed E-state index contributed by atoms with van der Waals surface area (Å²) < 4.78 is 28.6. The van der Waals surface area contributed by atoms with Gasteiger partial charge in [0.25, 0.3) is 0 Å². The highest BCUT2D eigenvalue weighted by Gasteiger charge is 2.17. The fourth-order valence-corrected chi connectivity index (χ4v) is 2.91. The molecule has 0 atom stereocenters. The molecule has 0 spiro atoms. The van der Waals surface area contributed by atoms with Crippen molar-refractivity contribution >= 4 is 38.4 Å². The zero-order chi connectivity index (χ0) is 12.2. The van der Waals surface area contributed by atoms with E-state index in [0.717, 1.165) is 3.57 Å². The summed E-state index contributed by atoms with van der Waals surface area (Å²) in [5, 5.41) is 0. The number of carbonyl (C=O) groups is 1. The molecule has 0 fully saturated rings. The number of halogens is 1. The van der Waals surface area contributed by atoms with Gasteiger partial charge in [-0.3, -0.25) is 9.78 Å². The van der Waals surface area contributed by atoms with Gasteiger partial charge in [-0.2, -0.15) is 0 Å². The van der Waals surface area contributed by atoms with E-state index in [9.17, 15) is 13.2 Å². The first-order valence-corrected chi connectivity index (χ1v) is 7.09. The highest BCUT2D eigenvalue weighted by molar-refractivity contribution is 14.1. The molecule has 0 aliphatic carbocycles. The Morgan fingerprint density at radius 3 is 2.75 bits per heavy atom. The fourth-order valence-electron chi connectivity index (χ4n) is 1.00. The minimum atomic E-state index is -3.46. The van der Waals surface area contributed by atoms with Crippen LogP contribution in [-0.4, -0.2) is 32.2 Å². The Balaban J connectivity index is 2.82. The van der Waals surface area contributed by atoms with Crippen LogP contribution in [-0.2, 0) is 19.4 Å². The third-order valence-electron chi connectivity index (χ3n) is 1.84. The van der Waals surface area contributed by atoms with E-state index < -0.39 is 15.8 Å². The summed E-state index contributed by atoms with van der Waals surface area (Å²) in [6.45, 7) is 0. The minimum Gasteiger partial charge on any atom is -0.469 e. The molecule has 16 heavy (non-hydrogen) atoms. The third kappa shape index (κ3) is 3.71. The quantitative estimate of drug-likeness (QED) is 0.596. The third-order valence-corrected chi connectivity index (χ3v) is 4.11. The van der Waals surface area contributed by atoms with E-state index in [0.29, 0.717) is 0 Å². The van der Waals surface area contributed by atoms with Crippen LogP contribution in [0.3, 0.4) is 0 Å². The van der Waals surface area contributed by atoms with Gasteiger partial charge in [0.15, 0.2) is 9.84 Å². The Labute approximate surface area is 107 Å². The molecule has 0 aliphatic rings. The van der Waals surface area contributed by atoms with Gasteiger partial charge < -0.3 is 4.74 Å². The van der Waals surface area contributed by atoms with E-state index in [-0.39, 0.29) is 17.1 Å². The van der Waals surface area contributed by atoms with Crippen molar-refractivity contribution in [2.75, 3.05) is 12.9 Å². The number of hydrogen-bond acceptors (Lipinski definition) is 5. The zero-order valence-electron chi connectivity index (χ0n) is 8.51. The van der Waals surface area contributed by atoms with Crippen LogP contribution in [0.5, 0.6) is 0 Å². The van der Waals surface area contributed by atoms with Crippen LogP contribution in [0, 0.1) is 3.57 Å². The van der Waals surface area contributed by atoms with Crippen molar-refractivity contribution in [2.24, 2.45) is 0 Å². The first kappa shape index (κ1) is 13.4. The van der Waals surface area contributed by atoms with Crippen LogP contribution in [0.25, 0.3) is 0 Å². The maximum absolute atomic E-state index is 11.8. The van der Waals surface area contributed by atoms with Gasteiger partial charge in [-0.05, 0) is 28.7 Å². The second-order valence-electron chi connectivity index (χ2n) is 2.98. The van der Waals surface area contributed by atoms with Crippen molar-refractivity contribution in [3.63, 3.8) is 0 Å². The molecule has 88 valence electrons. The SMILES string of the molecule is COC(=O)CCS(=O)(=O)c1cncc(I)c1. The van der Waals surface area contributed by atoms with Gasteiger partial charge in [-0.1, -0.05) is 0 Å². The lowest BCUT2D eigenvalue weighted by Gasteiger charge is -2.03. The van der Waals surface area contributed by atoms with Crippen LogP contribution < -0.4 is 0 Å². The molecule has 0 amide bonds. The molecule has 1 heterocycles. The maximum Gasteiger partial charge on any atom is 0.306 e. The number of rotatable bonds is 4. The van der Waals surface area contributed by atoms with Gasteiger partial charge in [-0.25, -0.2) is 8.42 Å². The molecule has 0 saturated heterocycles. The van der Waals surface area contributed by atoms with Crippen molar-refractivity contribution < 1.29 is 17.9 Å². The summed E-state index contributed by atoms with van der Waals surface area (Å²) >= 11 is 1.98. The monoisotopic (exact) mass is 355 g/mol. The van der Waals surface area contributed by atoms with E-state index in [4.69, 9.17) is 0 Å². The Morgan fingerprint density at radius 2 is 2.19 bits per heavy atom. The van der Waals surface area contributed by atoms with Crippen molar-refractivity contribution in [1.82, 2.24) is 4.98 Å². The average molecular weight is 355 g/mol. The molecule has 0 saturated carbocycles. The number of sulfone groups is 1. The van der Waals surface area contributed by atoms with E-state index >= 15 is 0 Å². The van der Waals surface area contributed by atoms with Gasteiger partial charge in [0.1, 0.15) is 0 Å². The second kappa shape index (κ2) is 5.58. The maximum atomic E-state index is 11.8. The highest BCUT2D eigenvalue weighted by atomic mass is 127. The van der Waals surface area contributed by atoms with Crippen molar-refractivity contribution in [3.8, 4) is 0 Å². The van der Waals surface area contributed by atoms with Crippen LogP contribution >= 0.6 is 22.6 Å². The Kier molecular flexibility index (Phi) is 4.66. The summed E-state index contributed by atoms with van der Waals surface area (Å²) in [7, 11) is -2.23. The normalized spacial score (nSPS) is 11.1. The lowest BCUT2D eigenvalue weighted by molar-refractivity contribution is -0.140. The van der Waals surface area contributed by atoms with Gasteiger partial charge in [0, 0.05) is 16.0 Å². The number of pyridine rings is 1. The summed E-state index contributed by atoms with van der Waals surface area (Å²) in [6.07, 6.45) is 2.68. The van der Waals surface area contributed by atoms with Crippen LogP contribution in [0.15, 0.2) is 23.4 Å². The zero-order valence-corrected chi connectivity index (χ0v) is 11.5. The smallest absolute Gasteiger partial charge is 0.306 e. The van der Waals surface area contributed by atoms with Gasteiger partial charge in [0.05, 0.1) is 24.2 Å². The molecule has 0 N–H and O–H groups in total. The molecule has 1 aromatic heterocycles. The molecule has 0 bridgehead atoms. The summed E-state index contributed by atoms with van der Waals surface area (Å²) in [5.74, 6) is -0.802. The molecular formula is C9H10INO4S. The number of hydrogen-bond donors (Lipinski definition) is 0. The first-order chi connectivity index (χ1) is 7.45. The molecule has 0 aliphatic heterocycles. The van der Waals surface area contributed by atoms with E-state index in [1.807, 2.05) is 22.6 Å². The van der Waals surface area contributed by atoms with Crippen LogP contribution in [0.2, 0.25) is 0 Å². The Bertz CT molecular complexity index is 486. The number of carbonyl (C=O) groups excluding carboxylic acids is 1. The number of nitrogens with zero attached hydrogens (tertiary/aromatic N) is 1. The summed E-state index contributed by atoms with van der Waals surface area (Å²) in [5.41, 5.74) is 0. The van der Waals surface area contributed by atoms with Crippen molar-refractivity contribution in [2.45, 2.75) is 11.3 Å². The Morgan fingerprint density at radius 1 is 1.50 bits per heavy atom. The van der Waals surface area contributed by atoms with Crippen molar-refractivity contribution in [1.29, 1.82) is 0 Å². The molecular weight excluding hydrogens is 345 g/mol. The molecule has 1 aromatic rings.